The van der Waals surface area contributed by atoms with Gasteiger partial charge in [0, 0.05) is 0 Å². The first-order valence-electron chi connectivity index (χ1n) is 10.8. The van der Waals surface area contributed by atoms with Crippen LogP contribution in [0.1, 0.15) is 38.5 Å². The van der Waals surface area contributed by atoms with Crippen LogP contribution in [-0.2, 0) is 0 Å². The topological polar surface area (TPSA) is 111 Å². The number of aryl methyl sites for hydroxylation is 1. The molecule has 180 valence electrons. The van der Waals surface area contributed by atoms with E-state index >= 15 is 0 Å². The molecule has 3 aromatic carbocycles. The van der Waals surface area contributed by atoms with Crippen LogP contribution in [-0.4, -0.2) is 35.3 Å². The van der Waals surface area contributed by atoms with Crippen LogP contribution in [0.25, 0.3) is 11.0 Å². The molecular weight excluding hydrogens is 464 g/mol. The van der Waals surface area contributed by atoms with Gasteiger partial charge in [-0.3, -0.25) is 10.2 Å². The first-order chi connectivity index (χ1) is 16.8. The van der Waals surface area contributed by atoms with E-state index in [2.05, 4.69) is 9.97 Å². The maximum Gasteiger partial charge on any atom is 0.278 e. The molecule has 0 saturated carbocycles. The highest BCUT2D eigenvalue weighted by atomic mass is 35.5. The molecule has 1 heterocycles. The number of fused-ring (bicyclic) bond motifs is 1. The fourth-order valence-corrected chi connectivity index (χ4v) is 3.97. The van der Waals surface area contributed by atoms with Crippen LogP contribution in [0.15, 0.2) is 66.7 Å². The minimum Gasteiger partial charge on any atom is -0.477 e. The van der Waals surface area contributed by atoms with Crippen molar-refractivity contribution in [2.24, 2.45) is 5.73 Å². The number of carbonyl (C=O) groups excluding carboxylic acids is 1. The number of hydrogen-bond donors (Lipinski definition) is 2. The number of ether oxygens (including phenoxy) is 2. The van der Waals surface area contributed by atoms with Gasteiger partial charge < -0.3 is 15.2 Å². The van der Waals surface area contributed by atoms with Gasteiger partial charge in [-0.25, -0.2) is 9.97 Å². The van der Waals surface area contributed by atoms with Crippen LogP contribution in [0.4, 0.5) is 0 Å². The molecule has 4 aromatic rings. The Balaban J connectivity index is 0.000000198. The van der Waals surface area contributed by atoms with Gasteiger partial charge in [0.2, 0.25) is 0 Å². The van der Waals surface area contributed by atoms with Gasteiger partial charge in [-0.1, -0.05) is 60.7 Å². The molecular formula is C27H27ClN4O3. The largest absolute Gasteiger partial charge is 0.477 e. The lowest BCUT2D eigenvalue weighted by Crippen LogP contribution is -2.21. The summed E-state index contributed by atoms with van der Waals surface area (Å²) in [5, 5.41) is 7.14. The molecule has 0 amide bonds. The Hall–Kier alpha value is -3.97. The van der Waals surface area contributed by atoms with E-state index in [1.807, 2.05) is 80.6 Å². The van der Waals surface area contributed by atoms with Gasteiger partial charge in [-0.05, 0) is 53.8 Å². The fourth-order valence-electron chi connectivity index (χ4n) is 3.74. The number of nitrogens with two attached hydrogens (primary N) is 1. The van der Waals surface area contributed by atoms with Crippen LogP contribution in [0.5, 0.6) is 11.8 Å². The predicted molar refractivity (Wildman–Crippen MR) is 139 cm³/mol. The van der Waals surface area contributed by atoms with E-state index in [0.717, 1.165) is 22.3 Å². The second kappa shape index (κ2) is 11.4. The summed E-state index contributed by atoms with van der Waals surface area (Å²) in [5.74, 6) is 0.531. The van der Waals surface area contributed by atoms with E-state index in [1.54, 1.807) is 0 Å². The highest BCUT2D eigenvalue weighted by molar-refractivity contribution is 6.68. The summed E-state index contributed by atoms with van der Waals surface area (Å²) >= 11 is 5.65. The average molecular weight is 491 g/mol. The van der Waals surface area contributed by atoms with Crippen LogP contribution < -0.4 is 15.2 Å². The van der Waals surface area contributed by atoms with Gasteiger partial charge in [-0.15, -0.1) is 0 Å². The maximum absolute atomic E-state index is 11.6. The molecule has 3 N–H and O–H groups in total. The first-order valence-corrected chi connectivity index (χ1v) is 11.2. The normalized spacial score (nSPS) is 10.5. The number of aromatic nitrogens is 2. The Morgan fingerprint density at radius 3 is 1.83 bits per heavy atom. The molecule has 0 fully saturated rings. The smallest absolute Gasteiger partial charge is 0.278 e. The summed E-state index contributed by atoms with van der Waals surface area (Å²) in [5.41, 5.74) is 10.8. The molecule has 0 radical (unpaired) electrons. The van der Waals surface area contributed by atoms with Gasteiger partial charge in [0.15, 0.2) is 0 Å². The second-order valence-electron chi connectivity index (χ2n) is 7.79. The summed E-state index contributed by atoms with van der Waals surface area (Å²) in [6, 6.07) is 21.6. The van der Waals surface area contributed by atoms with Gasteiger partial charge >= 0.3 is 0 Å². The average Bonchev–Trinajstić information content (AvgIpc) is 2.85. The van der Waals surface area contributed by atoms with Crippen LogP contribution >= 0.6 is 11.6 Å². The number of rotatable bonds is 6. The number of benzene rings is 3. The molecule has 0 aliphatic carbocycles. The van der Waals surface area contributed by atoms with Crippen molar-refractivity contribution in [3.05, 3.63) is 94.5 Å². The van der Waals surface area contributed by atoms with Crippen molar-refractivity contribution < 1.29 is 14.3 Å². The molecule has 0 aliphatic heterocycles. The highest BCUT2D eigenvalue weighted by Crippen LogP contribution is 2.30. The molecule has 1 aromatic heterocycles. The summed E-state index contributed by atoms with van der Waals surface area (Å²) in [7, 11) is 2.94. The second-order valence-corrected chi connectivity index (χ2v) is 8.13. The van der Waals surface area contributed by atoms with Gasteiger partial charge in [0.1, 0.15) is 11.4 Å². The first kappa shape index (κ1) is 25.6. The molecule has 0 aliphatic rings. The zero-order valence-corrected chi connectivity index (χ0v) is 20.8. The molecule has 7 nitrogen and oxygen atoms in total. The minimum atomic E-state index is -0.562. The van der Waals surface area contributed by atoms with E-state index in [4.69, 9.17) is 32.2 Å². The number of halogens is 1. The predicted octanol–water partition coefficient (Wildman–Crippen LogP) is 5.40. The number of hydrogen-bond acceptors (Lipinski definition) is 6. The van der Waals surface area contributed by atoms with E-state index in [9.17, 15) is 4.79 Å². The van der Waals surface area contributed by atoms with Crippen molar-refractivity contribution in [1.82, 2.24) is 9.97 Å². The summed E-state index contributed by atoms with van der Waals surface area (Å²) < 4.78 is 10.2. The molecule has 0 saturated heterocycles. The summed E-state index contributed by atoms with van der Waals surface area (Å²) in [4.78, 5) is 20.2. The lowest BCUT2D eigenvalue weighted by molar-refractivity contribution is 0.108. The quantitative estimate of drug-likeness (QED) is 0.213. The SMILES string of the molecule is COc1nc2cc(C)c(C)c(C(=O)Cl)c2nc1OC.N=C(N)C(c1ccccc1)c1ccccc1. The van der Waals surface area contributed by atoms with Crippen LogP contribution in [0.2, 0.25) is 0 Å². The van der Waals surface area contributed by atoms with Crippen molar-refractivity contribution in [3.8, 4) is 11.8 Å². The summed E-state index contributed by atoms with van der Waals surface area (Å²) in [6.45, 7) is 3.71. The molecule has 0 atom stereocenters. The number of nitrogens with zero attached hydrogens (tertiary/aromatic N) is 2. The molecule has 8 heteroatoms. The monoisotopic (exact) mass is 490 g/mol. The number of nitrogens with one attached hydrogen (secondary N) is 1. The number of methoxy groups -OCH3 is 2. The lowest BCUT2D eigenvalue weighted by Gasteiger charge is -2.16. The van der Waals surface area contributed by atoms with Crippen LogP contribution in [0, 0.1) is 19.3 Å². The van der Waals surface area contributed by atoms with E-state index < -0.39 is 5.24 Å². The van der Waals surface area contributed by atoms with Crippen molar-refractivity contribution in [2.45, 2.75) is 19.8 Å². The standard InChI is InChI=1S/C14H14N2.C13H13ClN2O3/c15-14(16)13(11-7-3-1-4-8-11)12-9-5-2-6-10-12;1-6-5-8-10(9(7(6)2)11(14)17)16-13(19-4)12(15-8)18-3/h1-10,13H,(H3,15,16);5H,1-4H3. The van der Waals surface area contributed by atoms with E-state index in [-0.39, 0.29) is 23.5 Å². The third-order valence-electron chi connectivity index (χ3n) is 5.58. The van der Waals surface area contributed by atoms with Crippen molar-refractivity contribution in [3.63, 3.8) is 0 Å². The van der Waals surface area contributed by atoms with Gasteiger partial charge in [0.05, 0.1) is 31.2 Å². The zero-order chi connectivity index (χ0) is 25.5. The number of carbonyl (C=O) groups is 1. The molecule has 4 rings (SSSR count). The van der Waals surface area contributed by atoms with Crippen molar-refractivity contribution in [2.75, 3.05) is 14.2 Å². The molecule has 0 bridgehead atoms. The van der Waals surface area contributed by atoms with Gasteiger partial charge in [-0.2, -0.15) is 0 Å². The third kappa shape index (κ3) is 5.75. The van der Waals surface area contributed by atoms with Crippen molar-refractivity contribution in [1.29, 1.82) is 5.41 Å². The Bertz CT molecular complexity index is 1310. The Labute approximate surface area is 209 Å². The maximum atomic E-state index is 11.6. The molecule has 0 spiro atoms. The zero-order valence-electron chi connectivity index (χ0n) is 20.0. The Morgan fingerprint density at radius 2 is 1.40 bits per heavy atom. The Morgan fingerprint density at radius 1 is 0.914 bits per heavy atom. The summed E-state index contributed by atoms with van der Waals surface area (Å²) in [6.07, 6.45) is 0. The van der Waals surface area contributed by atoms with Crippen molar-refractivity contribution >= 4 is 33.7 Å². The van der Waals surface area contributed by atoms with Crippen LogP contribution in [0.3, 0.4) is 0 Å². The van der Waals surface area contributed by atoms with E-state index in [0.29, 0.717) is 16.6 Å². The Kier molecular flexibility index (Phi) is 8.39. The minimum absolute atomic E-state index is 0.137. The van der Waals surface area contributed by atoms with Gasteiger partial charge in [0.25, 0.3) is 17.0 Å². The number of amidine groups is 1. The fraction of sp³-hybridized carbons (Fsp3) is 0.185. The van der Waals surface area contributed by atoms with E-state index in [1.165, 1.54) is 14.2 Å². The highest BCUT2D eigenvalue weighted by Gasteiger charge is 2.19. The molecule has 0 unspecified atom stereocenters. The third-order valence-corrected chi connectivity index (χ3v) is 5.77. The molecule has 35 heavy (non-hydrogen) atoms. The lowest BCUT2D eigenvalue weighted by atomic mass is 9.90.